The molecule has 4 rings (SSSR count). The number of amides is 2. The van der Waals surface area contributed by atoms with E-state index in [1.165, 1.54) is 40.4 Å². The number of carbonyl (C=O) groups is 2. The van der Waals surface area contributed by atoms with Crippen molar-refractivity contribution in [2.24, 2.45) is 0 Å². The van der Waals surface area contributed by atoms with Gasteiger partial charge in [0.1, 0.15) is 5.76 Å². The van der Waals surface area contributed by atoms with Crippen LogP contribution in [0.4, 0.5) is 10.8 Å². The number of nitrogens with zero attached hydrogens (tertiary/aromatic N) is 3. The molecule has 1 aliphatic heterocycles. The Kier molecular flexibility index (Phi) is 6.75. The van der Waals surface area contributed by atoms with Gasteiger partial charge in [0.05, 0.1) is 35.7 Å². The van der Waals surface area contributed by atoms with Gasteiger partial charge in [0, 0.05) is 24.4 Å². The van der Waals surface area contributed by atoms with E-state index in [4.69, 9.17) is 4.42 Å². The topological polar surface area (TPSA) is 101 Å². The van der Waals surface area contributed by atoms with Gasteiger partial charge >= 0.3 is 0 Å². The van der Waals surface area contributed by atoms with Gasteiger partial charge in [-0.15, -0.1) is 11.3 Å². The molecule has 0 radical (unpaired) electrons. The average Bonchev–Trinajstić information content (AvgIpc) is 3.53. The first-order chi connectivity index (χ1) is 15.8. The number of carbonyl (C=O) groups excluding carboxylic acids is 2. The van der Waals surface area contributed by atoms with E-state index in [9.17, 15) is 18.0 Å². The Balaban J connectivity index is 1.52. The van der Waals surface area contributed by atoms with Crippen LogP contribution in [-0.2, 0) is 26.0 Å². The molecule has 8 nitrogen and oxygen atoms in total. The average molecular weight is 486 g/mol. The lowest BCUT2D eigenvalue weighted by Gasteiger charge is -2.26. The summed E-state index contributed by atoms with van der Waals surface area (Å²) < 4.78 is 29.3. The molecule has 0 spiro atoms. The number of thiazole rings is 1. The van der Waals surface area contributed by atoms with Crippen LogP contribution in [0.25, 0.3) is 6.08 Å². The van der Waals surface area contributed by atoms with Gasteiger partial charge in [-0.2, -0.15) is 0 Å². The molecule has 0 N–H and O–H groups in total. The number of rotatable bonds is 7. The highest BCUT2D eigenvalue weighted by Crippen LogP contribution is 2.29. The highest BCUT2D eigenvalue weighted by molar-refractivity contribution is 7.91. The molecule has 33 heavy (non-hydrogen) atoms. The molecule has 1 aromatic carbocycles. The van der Waals surface area contributed by atoms with Crippen LogP contribution in [-0.4, -0.2) is 47.7 Å². The fraction of sp³-hybridized carbons (Fsp3) is 0.261. The maximum atomic E-state index is 13.0. The standard InChI is InChI=1S/C23H23N3O5S2/c1-17(27)26(19-6-3-2-4-7-19)23-24-18(15-32-23)9-10-22(28)25(14-21-8-5-12-31-21)20-11-13-33(29,30)16-20/h2-10,12,15,20H,11,13-14,16H2,1H3/b10-9+. The molecule has 0 aliphatic carbocycles. The van der Waals surface area contributed by atoms with Crippen molar-refractivity contribution in [3.63, 3.8) is 0 Å². The molecule has 1 atom stereocenters. The van der Waals surface area contributed by atoms with Gasteiger partial charge in [-0.25, -0.2) is 13.4 Å². The molecule has 172 valence electrons. The smallest absolute Gasteiger partial charge is 0.247 e. The lowest BCUT2D eigenvalue weighted by atomic mass is 10.2. The second kappa shape index (κ2) is 9.72. The minimum atomic E-state index is -3.16. The second-order valence-corrected chi connectivity index (χ2v) is 10.7. The fourth-order valence-corrected chi connectivity index (χ4v) is 6.28. The SMILES string of the molecule is CC(=O)N(c1ccccc1)c1nc(/C=C/C(=O)N(Cc2ccco2)C2CCS(=O)(=O)C2)cs1. The maximum Gasteiger partial charge on any atom is 0.247 e. The van der Waals surface area contributed by atoms with E-state index in [0.29, 0.717) is 28.7 Å². The van der Waals surface area contributed by atoms with Crippen molar-refractivity contribution >= 4 is 49.9 Å². The van der Waals surface area contributed by atoms with Gasteiger partial charge in [0.25, 0.3) is 0 Å². The Morgan fingerprint density at radius 1 is 1.21 bits per heavy atom. The van der Waals surface area contributed by atoms with E-state index >= 15 is 0 Å². The van der Waals surface area contributed by atoms with Gasteiger partial charge in [-0.1, -0.05) is 18.2 Å². The van der Waals surface area contributed by atoms with E-state index in [0.717, 1.165) is 0 Å². The number of hydrogen-bond acceptors (Lipinski definition) is 7. The van der Waals surface area contributed by atoms with Crippen LogP contribution < -0.4 is 4.90 Å². The van der Waals surface area contributed by atoms with Crippen molar-refractivity contribution in [2.75, 3.05) is 16.4 Å². The van der Waals surface area contributed by atoms with E-state index in [1.807, 2.05) is 30.3 Å². The quantitative estimate of drug-likeness (QED) is 0.474. The van der Waals surface area contributed by atoms with Crippen LogP contribution in [0.1, 0.15) is 24.8 Å². The molecule has 0 saturated carbocycles. The Morgan fingerprint density at radius 2 is 2.00 bits per heavy atom. The first-order valence-electron chi connectivity index (χ1n) is 10.4. The van der Waals surface area contributed by atoms with Crippen molar-refractivity contribution in [3.05, 3.63) is 71.6 Å². The van der Waals surface area contributed by atoms with Crippen molar-refractivity contribution in [2.45, 2.75) is 25.9 Å². The fourth-order valence-electron chi connectivity index (χ4n) is 3.69. The molecule has 3 aromatic rings. The van der Waals surface area contributed by atoms with E-state index < -0.39 is 15.9 Å². The Bertz CT molecular complexity index is 1250. The van der Waals surface area contributed by atoms with Crippen LogP contribution in [0.3, 0.4) is 0 Å². The van der Waals surface area contributed by atoms with Crippen LogP contribution >= 0.6 is 11.3 Å². The van der Waals surface area contributed by atoms with E-state index in [1.54, 1.807) is 23.6 Å². The molecule has 0 bridgehead atoms. The number of benzene rings is 1. The summed E-state index contributed by atoms with van der Waals surface area (Å²) in [5, 5.41) is 2.25. The third-order valence-corrected chi connectivity index (χ3v) is 7.86. The largest absolute Gasteiger partial charge is 0.467 e. The Labute approximate surface area is 196 Å². The first kappa shape index (κ1) is 22.9. The van der Waals surface area contributed by atoms with Gasteiger partial charge in [0.15, 0.2) is 15.0 Å². The molecule has 1 saturated heterocycles. The molecule has 1 fully saturated rings. The summed E-state index contributed by atoms with van der Waals surface area (Å²) in [5.41, 5.74) is 1.24. The summed E-state index contributed by atoms with van der Waals surface area (Å²) in [6.45, 7) is 1.65. The van der Waals surface area contributed by atoms with Crippen molar-refractivity contribution in [3.8, 4) is 0 Å². The van der Waals surface area contributed by atoms with E-state index in [-0.39, 0.29) is 29.9 Å². The predicted octanol–water partition coefficient (Wildman–Crippen LogP) is 3.65. The zero-order chi connectivity index (χ0) is 23.4. The lowest BCUT2D eigenvalue weighted by Crippen LogP contribution is -2.39. The molecule has 1 unspecified atom stereocenters. The molecule has 3 heterocycles. The third-order valence-electron chi connectivity index (χ3n) is 5.27. The summed E-state index contributed by atoms with van der Waals surface area (Å²) in [6.07, 6.45) is 4.87. The monoisotopic (exact) mass is 485 g/mol. The van der Waals surface area contributed by atoms with Crippen LogP contribution in [0, 0.1) is 0 Å². The normalized spacial score (nSPS) is 17.3. The predicted molar refractivity (Wildman–Crippen MR) is 127 cm³/mol. The Morgan fingerprint density at radius 3 is 2.64 bits per heavy atom. The first-order valence-corrected chi connectivity index (χ1v) is 13.1. The number of hydrogen-bond donors (Lipinski definition) is 0. The summed E-state index contributed by atoms with van der Waals surface area (Å²) in [6, 6.07) is 12.3. The maximum absolute atomic E-state index is 13.0. The molecule has 10 heteroatoms. The number of aromatic nitrogens is 1. The molecule has 2 amide bonds. The number of furan rings is 1. The zero-order valence-electron chi connectivity index (χ0n) is 18.0. The van der Waals surface area contributed by atoms with Crippen molar-refractivity contribution < 1.29 is 22.4 Å². The summed E-state index contributed by atoms with van der Waals surface area (Å²) >= 11 is 1.29. The molecular weight excluding hydrogens is 462 g/mol. The van der Waals surface area contributed by atoms with E-state index in [2.05, 4.69) is 4.98 Å². The minimum Gasteiger partial charge on any atom is -0.467 e. The van der Waals surface area contributed by atoms with Crippen LogP contribution in [0.2, 0.25) is 0 Å². The number of para-hydroxylation sites is 1. The third kappa shape index (κ3) is 5.58. The summed E-state index contributed by atoms with van der Waals surface area (Å²) in [5.74, 6) is 0.0958. The highest BCUT2D eigenvalue weighted by atomic mass is 32.2. The number of sulfone groups is 1. The van der Waals surface area contributed by atoms with Gasteiger partial charge in [-0.3, -0.25) is 14.5 Å². The molecular formula is C23H23N3O5S2. The molecule has 1 aliphatic rings. The van der Waals surface area contributed by atoms with Gasteiger partial charge in [0.2, 0.25) is 11.8 Å². The highest BCUT2D eigenvalue weighted by Gasteiger charge is 2.34. The number of anilines is 2. The van der Waals surface area contributed by atoms with Crippen LogP contribution in [0.5, 0.6) is 0 Å². The lowest BCUT2D eigenvalue weighted by molar-refractivity contribution is -0.128. The Hall–Kier alpha value is -3.24. The van der Waals surface area contributed by atoms with Gasteiger partial charge < -0.3 is 9.32 Å². The summed E-state index contributed by atoms with van der Waals surface area (Å²) in [4.78, 5) is 32.8. The van der Waals surface area contributed by atoms with Crippen molar-refractivity contribution in [1.29, 1.82) is 0 Å². The second-order valence-electron chi connectivity index (χ2n) is 7.68. The van der Waals surface area contributed by atoms with Gasteiger partial charge in [-0.05, 0) is 36.8 Å². The molecule has 2 aromatic heterocycles. The zero-order valence-corrected chi connectivity index (χ0v) is 19.6. The van der Waals surface area contributed by atoms with Crippen LogP contribution in [0.15, 0.2) is 64.6 Å². The van der Waals surface area contributed by atoms with Crippen molar-refractivity contribution in [1.82, 2.24) is 9.88 Å². The minimum absolute atomic E-state index is 0.0568. The summed E-state index contributed by atoms with van der Waals surface area (Å²) in [7, 11) is -3.16.